The lowest BCUT2D eigenvalue weighted by Crippen LogP contribution is -2.33. The smallest absolute Gasteiger partial charge is 0.274 e. The Morgan fingerprint density at radius 3 is 2.92 bits per heavy atom. The molecule has 6 heteroatoms. The Hall–Kier alpha value is -1.95. The molecule has 2 aromatic rings. The zero-order valence-electron chi connectivity index (χ0n) is 13.6. The van der Waals surface area contributed by atoms with E-state index in [1.165, 1.54) is 16.8 Å². The molecule has 1 amide bonds. The van der Waals surface area contributed by atoms with Crippen molar-refractivity contribution in [3.05, 3.63) is 62.5 Å². The number of nitrogens with zero attached hydrogens (tertiary/aromatic N) is 3. The predicted octanol–water partition coefficient (Wildman–Crippen LogP) is 3.39. The molecule has 3 rings (SSSR count). The predicted molar refractivity (Wildman–Crippen MR) is 95.9 cm³/mol. The molecule has 1 aromatic heterocycles. The van der Waals surface area contributed by atoms with Crippen molar-refractivity contribution in [2.24, 2.45) is 0 Å². The van der Waals surface area contributed by atoms with Crippen LogP contribution in [0.4, 0.5) is 0 Å². The minimum absolute atomic E-state index is 0.0587. The van der Waals surface area contributed by atoms with Crippen LogP contribution in [0.25, 0.3) is 0 Å². The van der Waals surface area contributed by atoms with Crippen molar-refractivity contribution in [3.63, 3.8) is 0 Å². The van der Waals surface area contributed by atoms with Crippen molar-refractivity contribution in [1.82, 2.24) is 14.7 Å². The van der Waals surface area contributed by atoms with Gasteiger partial charge in [0.25, 0.3) is 11.5 Å². The summed E-state index contributed by atoms with van der Waals surface area (Å²) in [6, 6.07) is 11.1. The molecule has 0 radical (unpaired) electrons. The number of aryl methyl sites for hydroxylation is 1. The van der Waals surface area contributed by atoms with E-state index in [-0.39, 0.29) is 17.5 Å². The number of carbonyl (C=O) groups is 1. The maximum absolute atomic E-state index is 12.9. The Balaban J connectivity index is 1.88. The fourth-order valence-corrected chi connectivity index (χ4v) is 3.57. The normalized spacial score (nSPS) is 17.2. The Morgan fingerprint density at radius 1 is 1.33 bits per heavy atom. The quantitative estimate of drug-likeness (QED) is 0.804. The molecular formula is C18H20BrN3O2. The number of aromatic nitrogens is 2. The number of rotatable bonds is 4. The minimum atomic E-state index is -0.168. The van der Waals surface area contributed by atoms with Gasteiger partial charge in [0, 0.05) is 23.6 Å². The molecule has 0 aliphatic carbocycles. The van der Waals surface area contributed by atoms with Crippen LogP contribution in [0, 0.1) is 0 Å². The number of hydrogen-bond donors (Lipinski definition) is 0. The maximum Gasteiger partial charge on any atom is 0.274 e. The molecule has 0 saturated carbocycles. The summed E-state index contributed by atoms with van der Waals surface area (Å²) in [4.78, 5) is 26.6. The molecule has 1 aliphatic rings. The van der Waals surface area contributed by atoms with Gasteiger partial charge >= 0.3 is 0 Å². The highest BCUT2D eigenvalue weighted by molar-refractivity contribution is 9.10. The molecule has 24 heavy (non-hydrogen) atoms. The largest absolute Gasteiger partial charge is 0.330 e. The van der Waals surface area contributed by atoms with Crippen LogP contribution in [-0.4, -0.2) is 27.1 Å². The van der Waals surface area contributed by atoms with Gasteiger partial charge in [-0.2, -0.15) is 5.10 Å². The first-order chi connectivity index (χ1) is 11.6. The third-order valence-corrected chi connectivity index (χ3v) is 4.76. The molecule has 0 bridgehead atoms. The van der Waals surface area contributed by atoms with Crippen LogP contribution < -0.4 is 5.56 Å². The van der Waals surface area contributed by atoms with Crippen molar-refractivity contribution in [3.8, 4) is 0 Å². The summed E-state index contributed by atoms with van der Waals surface area (Å²) in [7, 11) is 0. The summed E-state index contributed by atoms with van der Waals surface area (Å²) in [5.41, 5.74) is 1.29. The SMILES string of the molecule is CCCn1nc(C(=O)N2CCC[C@H]2c2cccc(Br)c2)ccc1=O. The Labute approximate surface area is 149 Å². The zero-order valence-corrected chi connectivity index (χ0v) is 15.2. The molecule has 0 unspecified atom stereocenters. The summed E-state index contributed by atoms with van der Waals surface area (Å²) in [6.45, 7) is 3.21. The number of benzene rings is 1. The molecule has 1 saturated heterocycles. The summed E-state index contributed by atoms with van der Waals surface area (Å²) in [5.74, 6) is -0.109. The average molecular weight is 390 g/mol. The summed E-state index contributed by atoms with van der Waals surface area (Å²) >= 11 is 3.49. The van der Waals surface area contributed by atoms with Crippen LogP contribution in [0.3, 0.4) is 0 Å². The summed E-state index contributed by atoms with van der Waals surface area (Å²) < 4.78 is 2.38. The number of hydrogen-bond acceptors (Lipinski definition) is 3. The van der Waals surface area contributed by atoms with Crippen LogP contribution >= 0.6 is 15.9 Å². The standard InChI is InChI=1S/C18H20BrN3O2/c1-2-10-22-17(23)9-8-15(20-22)18(24)21-11-4-7-16(21)13-5-3-6-14(19)12-13/h3,5-6,8-9,12,16H,2,4,7,10-11H2,1H3/t16-/m0/s1. The fourth-order valence-electron chi connectivity index (χ4n) is 3.15. The second kappa shape index (κ2) is 7.30. The van der Waals surface area contributed by atoms with E-state index < -0.39 is 0 Å². The highest BCUT2D eigenvalue weighted by atomic mass is 79.9. The van der Waals surface area contributed by atoms with E-state index in [9.17, 15) is 9.59 Å². The molecule has 1 aromatic carbocycles. The molecule has 5 nitrogen and oxygen atoms in total. The third-order valence-electron chi connectivity index (χ3n) is 4.27. The molecule has 1 atom stereocenters. The van der Waals surface area contributed by atoms with Gasteiger partial charge in [-0.05, 0) is 43.0 Å². The van der Waals surface area contributed by atoms with Gasteiger partial charge in [-0.3, -0.25) is 9.59 Å². The Kier molecular flexibility index (Phi) is 5.14. The molecule has 1 fully saturated rings. The molecule has 1 aliphatic heterocycles. The van der Waals surface area contributed by atoms with Crippen LogP contribution in [0.2, 0.25) is 0 Å². The highest BCUT2D eigenvalue weighted by Crippen LogP contribution is 2.33. The van der Waals surface area contributed by atoms with E-state index >= 15 is 0 Å². The highest BCUT2D eigenvalue weighted by Gasteiger charge is 2.31. The van der Waals surface area contributed by atoms with E-state index in [0.29, 0.717) is 18.8 Å². The second-order valence-corrected chi connectivity index (χ2v) is 6.91. The topological polar surface area (TPSA) is 55.2 Å². The third kappa shape index (κ3) is 3.43. The molecule has 0 N–H and O–H groups in total. The van der Waals surface area contributed by atoms with Crippen LogP contribution in [0.15, 0.2) is 45.7 Å². The lowest BCUT2D eigenvalue weighted by molar-refractivity contribution is 0.0726. The molecular weight excluding hydrogens is 370 g/mol. The van der Waals surface area contributed by atoms with Crippen molar-refractivity contribution in [2.45, 2.75) is 38.8 Å². The summed E-state index contributed by atoms with van der Waals surface area (Å²) in [5, 5.41) is 4.26. The number of carbonyl (C=O) groups excluding carboxylic acids is 1. The van der Waals surface area contributed by atoms with E-state index in [0.717, 1.165) is 29.3 Å². The first-order valence-electron chi connectivity index (χ1n) is 8.24. The lowest BCUT2D eigenvalue weighted by atomic mass is 10.0. The van der Waals surface area contributed by atoms with Gasteiger partial charge in [-0.25, -0.2) is 4.68 Å². The first-order valence-corrected chi connectivity index (χ1v) is 9.04. The van der Waals surface area contributed by atoms with Gasteiger partial charge in [0.15, 0.2) is 0 Å². The monoisotopic (exact) mass is 389 g/mol. The Morgan fingerprint density at radius 2 is 2.17 bits per heavy atom. The molecule has 2 heterocycles. The number of likely N-dealkylation sites (tertiary alicyclic amines) is 1. The lowest BCUT2D eigenvalue weighted by Gasteiger charge is -2.25. The van der Waals surface area contributed by atoms with E-state index in [1.807, 2.05) is 30.0 Å². The van der Waals surface area contributed by atoms with Gasteiger partial charge in [-0.1, -0.05) is 35.0 Å². The Bertz CT molecular complexity index is 803. The zero-order chi connectivity index (χ0) is 17.1. The van der Waals surface area contributed by atoms with Crippen molar-refractivity contribution < 1.29 is 4.79 Å². The average Bonchev–Trinajstić information content (AvgIpc) is 3.06. The van der Waals surface area contributed by atoms with Crippen LogP contribution in [0.1, 0.15) is 48.3 Å². The van der Waals surface area contributed by atoms with Gasteiger partial charge in [0.05, 0.1) is 6.04 Å². The maximum atomic E-state index is 12.9. The van der Waals surface area contributed by atoms with E-state index in [4.69, 9.17) is 0 Å². The first kappa shape index (κ1) is 16.9. The summed E-state index contributed by atoms with van der Waals surface area (Å²) in [6.07, 6.45) is 2.71. The van der Waals surface area contributed by atoms with Gasteiger partial charge < -0.3 is 4.90 Å². The van der Waals surface area contributed by atoms with Crippen molar-refractivity contribution in [1.29, 1.82) is 0 Å². The van der Waals surface area contributed by atoms with Crippen LogP contribution in [0.5, 0.6) is 0 Å². The fraction of sp³-hybridized carbons (Fsp3) is 0.389. The number of amides is 1. The van der Waals surface area contributed by atoms with Crippen LogP contribution in [-0.2, 0) is 6.54 Å². The molecule has 126 valence electrons. The van der Waals surface area contributed by atoms with Crippen molar-refractivity contribution in [2.75, 3.05) is 6.54 Å². The minimum Gasteiger partial charge on any atom is -0.330 e. The van der Waals surface area contributed by atoms with Gasteiger partial charge in [0.1, 0.15) is 5.69 Å². The van der Waals surface area contributed by atoms with Gasteiger partial charge in [-0.15, -0.1) is 0 Å². The number of halogens is 1. The second-order valence-electron chi connectivity index (χ2n) is 5.99. The van der Waals surface area contributed by atoms with Gasteiger partial charge in [0.2, 0.25) is 0 Å². The van der Waals surface area contributed by atoms with Crippen molar-refractivity contribution >= 4 is 21.8 Å². The van der Waals surface area contributed by atoms with E-state index in [1.54, 1.807) is 0 Å². The molecule has 0 spiro atoms. The van der Waals surface area contributed by atoms with E-state index in [2.05, 4.69) is 27.1 Å².